The van der Waals surface area contributed by atoms with Crippen LogP contribution in [0.5, 0.6) is 0 Å². The lowest BCUT2D eigenvalue weighted by atomic mass is 9.98. The summed E-state index contributed by atoms with van der Waals surface area (Å²) in [6, 6.07) is 1.16. The summed E-state index contributed by atoms with van der Waals surface area (Å²) in [6.45, 7) is 4.76. The molecule has 94 valence electrons. The van der Waals surface area contributed by atoms with Gasteiger partial charge in [-0.15, -0.1) is 0 Å². The summed E-state index contributed by atoms with van der Waals surface area (Å²) in [7, 11) is 4.27. The first-order valence-corrected chi connectivity index (χ1v) is 6.34. The summed E-state index contributed by atoms with van der Waals surface area (Å²) in [5.74, 6) is 0.676. The van der Waals surface area contributed by atoms with Crippen molar-refractivity contribution in [3.8, 4) is 0 Å². The Morgan fingerprint density at radius 1 is 1.25 bits per heavy atom. The number of rotatable bonds is 5. The fraction of sp³-hybridized carbons (Fsp3) is 1.00. The van der Waals surface area contributed by atoms with Gasteiger partial charge in [-0.05, 0) is 26.9 Å². The summed E-state index contributed by atoms with van der Waals surface area (Å²) in [6.07, 6.45) is 2.37. The minimum atomic E-state index is 0.549. The highest BCUT2D eigenvalue weighted by Crippen LogP contribution is 2.19. The fourth-order valence-electron chi connectivity index (χ4n) is 2.68. The Morgan fingerprint density at radius 3 is 2.56 bits per heavy atom. The Labute approximate surface area is 98.3 Å². The van der Waals surface area contributed by atoms with Crippen molar-refractivity contribution in [1.82, 2.24) is 10.2 Å². The van der Waals surface area contributed by atoms with Crippen LogP contribution in [0.3, 0.4) is 0 Å². The normalized spacial score (nSPS) is 32.4. The molecule has 2 fully saturated rings. The van der Waals surface area contributed by atoms with Gasteiger partial charge in [0.15, 0.2) is 0 Å². The van der Waals surface area contributed by atoms with E-state index < -0.39 is 0 Å². The highest BCUT2D eigenvalue weighted by Gasteiger charge is 2.28. The summed E-state index contributed by atoms with van der Waals surface area (Å²) in [4.78, 5) is 2.44. The SMILES string of the molecule is CNC(CN(C)C1CCOC1)C1CCOC1. The van der Waals surface area contributed by atoms with Gasteiger partial charge in [-0.2, -0.15) is 0 Å². The van der Waals surface area contributed by atoms with Crippen molar-refractivity contribution < 1.29 is 9.47 Å². The summed E-state index contributed by atoms with van der Waals surface area (Å²) in [5, 5.41) is 3.44. The molecule has 0 aromatic carbocycles. The van der Waals surface area contributed by atoms with Crippen molar-refractivity contribution >= 4 is 0 Å². The summed E-state index contributed by atoms with van der Waals surface area (Å²) in [5.41, 5.74) is 0. The molecule has 2 saturated heterocycles. The van der Waals surface area contributed by atoms with E-state index in [4.69, 9.17) is 9.47 Å². The smallest absolute Gasteiger partial charge is 0.0622 e. The van der Waals surface area contributed by atoms with Gasteiger partial charge < -0.3 is 14.8 Å². The van der Waals surface area contributed by atoms with E-state index in [1.165, 1.54) is 12.8 Å². The summed E-state index contributed by atoms with van der Waals surface area (Å²) < 4.78 is 10.9. The molecule has 0 aromatic heterocycles. The molecule has 0 saturated carbocycles. The van der Waals surface area contributed by atoms with Crippen LogP contribution < -0.4 is 5.32 Å². The van der Waals surface area contributed by atoms with Crippen LogP contribution in [0.15, 0.2) is 0 Å². The Hall–Kier alpha value is -0.160. The molecule has 0 spiro atoms. The van der Waals surface area contributed by atoms with E-state index in [0.29, 0.717) is 18.0 Å². The van der Waals surface area contributed by atoms with Gasteiger partial charge in [0.1, 0.15) is 0 Å². The lowest BCUT2D eigenvalue weighted by Gasteiger charge is -2.30. The van der Waals surface area contributed by atoms with E-state index in [0.717, 1.165) is 33.0 Å². The molecular formula is C12H24N2O2. The van der Waals surface area contributed by atoms with Crippen LogP contribution in [0, 0.1) is 5.92 Å². The largest absolute Gasteiger partial charge is 0.381 e. The minimum Gasteiger partial charge on any atom is -0.381 e. The number of likely N-dealkylation sites (N-methyl/N-ethyl adjacent to an activating group) is 2. The maximum atomic E-state index is 5.46. The van der Waals surface area contributed by atoms with E-state index in [9.17, 15) is 0 Å². The lowest BCUT2D eigenvalue weighted by Crippen LogP contribution is -2.46. The first-order chi connectivity index (χ1) is 7.81. The first-order valence-electron chi connectivity index (χ1n) is 6.34. The second-order valence-corrected chi connectivity index (χ2v) is 4.98. The fourth-order valence-corrected chi connectivity index (χ4v) is 2.68. The maximum absolute atomic E-state index is 5.46. The third-order valence-electron chi connectivity index (χ3n) is 3.92. The quantitative estimate of drug-likeness (QED) is 0.735. The monoisotopic (exact) mass is 228 g/mol. The molecule has 2 rings (SSSR count). The van der Waals surface area contributed by atoms with Crippen molar-refractivity contribution in [3.05, 3.63) is 0 Å². The predicted octanol–water partition coefficient (Wildman–Crippen LogP) is 0.332. The molecule has 3 atom stereocenters. The minimum absolute atomic E-state index is 0.549. The second kappa shape index (κ2) is 5.96. The predicted molar refractivity (Wildman–Crippen MR) is 63.6 cm³/mol. The van der Waals surface area contributed by atoms with Gasteiger partial charge in [0, 0.05) is 37.8 Å². The first kappa shape index (κ1) is 12.3. The molecule has 2 aliphatic heterocycles. The van der Waals surface area contributed by atoms with Crippen molar-refractivity contribution in [1.29, 1.82) is 0 Å². The zero-order valence-electron chi connectivity index (χ0n) is 10.4. The van der Waals surface area contributed by atoms with Gasteiger partial charge >= 0.3 is 0 Å². The molecule has 1 N–H and O–H groups in total. The van der Waals surface area contributed by atoms with Crippen molar-refractivity contribution in [2.45, 2.75) is 24.9 Å². The molecule has 0 bridgehead atoms. The molecule has 0 radical (unpaired) electrons. The third-order valence-corrected chi connectivity index (χ3v) is 3.92. The molecule has 3 unspecified atom stereocenters. The molecular weight excluding hydrogens is 204 g/mol. The standard InChI is InChI=1S/C12H24N2O2/c1-13-12(10-3-5-15-8-10)7-14(2)11-4-6-16-9-11/h10-13H,3-9H2,1-2H3. The molecule has 16 heavy (non-hydrogen) atoms. The van der Waals surface area contributed by atoms with E-state index in [-0.39, 0.29) is 0 Å². The van der Waals surface area contributed by atoms with Gasteiger partial charge in [0.25, 0.3) is 0 Å². The average Bonchev–Trinajstić information content (AvgIpc) is 2.96. The number of hydrogen-bond donors (Lipinski definition) is 1. The van der Waals surface area contributed by atoms with Gasteiger partial charge in [0.2, 0.25) is 0 Å². The van der Waals surface area contributed by atoms with E-state index in [2.05, 4.69) is 24.3 Å². The zero-order chi connectivity index (χ0) is 11.4. The molecule has 4 nitrogen and oxygen atoms in total. The zero-order valence-corrected chi connectivity index (χ0v) is 10.4. The van der Waals surface area contributed by atoms with Crippen molar-refractivity contribution in [2.24, 2.45) is 5.92 Å². The molecule has 2 aliphatic rings. The number of hydrogen-bond acceptors (Lipinski definition) is 4. The molecule has 4 heteroatoms. The highest BCUT2D eigenvalue weighted by atomic mass is 16.5. The second-order valence-electron chi connectivity index (χ2n) is 4.98. The Bertz CT molecular complexity index is 201. The van der Waals surface area contributed by atoms with Crippen LogP contribution in [0.4, 0.5) is 0 Å². The topological polar surface area (TPSA) is 33.7 Å². The molecule has 0 aliphatic carbocycles. The average molecular weight is 228 g/mol. The van der Waals surface area contributed by atoms with Crippen LogP contribution in [-0.2, 0) is 9.47 Å². The maximum Gasteiger partial charge on any atom is 0.0622 e. The highest BCUT2D eigenvalue weighted by molar-refractivity contribution is 4.83. The molecule has 0 amide bonds. The Morgan fingerprint density at radius 2 is 2.00 bits per heavy atom. The van der Waals surface area contributed by atoms with E-state index in [1.54, 1.807) is 0 Å². The molecule has 2 heterocycles. The molecule has 0 aromatic rings. The van der Waals surface area contributed by atoms with Crippen LogP contribution >= 0.6 is 0 Å². The number of nitrogens with one attached hydrogen (secondary N) is 1. The Balaban J connectivity index is 1.80. The van der Waals surface area contributed by atoms with Gasteiger partial charge in [-0.3, -0.25) is 4.90 Å². The summed E-state index contributed by atoms with van der Waals surface area (Å²) >= 11 is 0. The van der Waals surface area contributed by atoms with E-state index in [1.807, 2.05) is 0 Å². The van der Waals surface area contributed by atoms with Crippen molar-refractivity contribution in [2.75, 3.05) is 47.1 Å². The Kier molecular flexibility index (Phi) is 4.58. The van der Waals surface area contributed by atoms with Crippen LogP contribution in [0.25, 0.3) is 0 Å². The van der Waals surface area contributed by atoms with Gasteiger partial charge in [-0.25, -0.2) is 0 Å². The van der Waals surface area contributed by atoms with E-state index >= 15 is 0 Å². The van der Waals surface area contributed by atoms with Crippen LogP contribution in [0.2, 0.25) is 0 Å². The van der Waals surface area contributed by atoms with Crippen LogP contribution in [-0.4, -0.2) is 64.1 Å². The van der Waals surface area contributed by atoms with Gasteiger partial charge in [-0.1, -0.05) is 0 Å². The van der Waals surface area contributed by atoms with Gasteiger partial charge in [0.05, 0.1) is 13.2 Å². The third kappa shape index (κ3) is 2.94. The number of nitrogens with zero attached hydrogens (tertiary/aromatic N) is 1. The number of ether oxygens (including phenoxy) is 2. The lowest BCUT2D eigenvalue weighted by molar-refractivity contribution is 0.138. The van der Waals surface area contributed by atoms with Crippen molar-refractivity contribution in [3.63, 3.8) is 0 Å². The van der Waals surface area contributed by atoms with Crippen LogP contribution in [0.1, 0.15) is 12.8 Å².